The molecule has 132 valence electrons. The van der Waals surface area contributed by atoms with Crippen LogP contribution in [0.5, 0.6) is 0 Å². The van der Waals surface area contributed by atoms with E-state index in [-0.39, 0.29) is 23.7 Å². The summed E-state index contributed by atoms with van der Waals surface area (Å²) in [7, 11) is 1.68. The highest BCUT2D eigenvalue weighted by Gasteiger charge is 2.12. The van der Waals surface area contributed by atoms with Crippen molar-refractivity contribution in [3.05, 3.63) is 35.4 Å². The molecule has 23 heavy (non-hydrogen) atoms. The molecule has 0 aromatic heterocycles. The van der Waals surface area contributed by atoms with Crippen LogP contribution in [-0.2, 0) is 21.4 Å². The standard InChI is InChI=1S/C18H30N2O2.ClH/c1-18(2,3)16-8-5-15(6-9-16)7-10-17(21)20-12-11-19-13-14-22-4;/h5-6,8-9,19H,7,10-14H2,1-4H3,(H,20,21);1H. The molecule has 4 nitrogen and oxygen atoms in total. The van der Waals surface area contributed by atoms with Crippen molar-refractivity contribution in [3.8, 4) is 0 Å². The van der Waals surface area contributed by atoms with Gasteiger partial charge in [-0.1, -0.05) is 45.0 Å². The Labute approximate surface area is 146 Å². The topological polar surface area (TPSA) is 50.4 Å². The molecule has 0 bridgehead atoms. The third kappa shape index (κ3) is 9.59. The van der Waals surface area contributed by atoms with E-state index in [0.29, 0.717) is 19.6 Å². The van der Waals surface area contributed by atoms with Crippen molar-refractivity contribution in [2.75, 3.05) is 33.4 Å². The molecule has 0 aliphatic rings. The van der Waals surface area contributed by atoms with Gasteiger partial charge >= 0.3 is 0 Å². The Morgan fingerprint density at radius 3 is 2.30 bits per heavy atom. The summed E-state index contributed by atoms with van der Waals surface area (Å²) in [6, 6.07) is 8.57. The summed E-state index contributed by atoms with van der Waals surface area (Å²) in [4.78, 5) is 11.8. The summed E-state index contributed by atoms with van der Waals surface area (Å²) in [5.41, 5.74) is 2.70. The van der Waals surface area contributed by atoms with Crippen molar-refractivity contribution in [1.29, 1.82) is 0 Å². The van der Waals surface area contributed by atoms with Crippen LogP contribution in [0.15, 0.2) is 24.3 Å². The highest BCUT2D eigenvalue weighted by atomic mass is 35.5. The summed E-state index contributed by atoms with van der Waals surface area (Å²) in [5, 5.41) is 6.12. The van der Waals surface area contributed by atoms with Gasteiger partial charge in [-0.25, -0.2) is 0 Å². The molecule has 0 atom stereocenters. The van der Waals surface area contributed by atoms with Crippen LogP contribution in [0, 0.1) is 0 Å². The minimum Gasteiger partial charge on any atom is -0.383 e. The molecular weight excluding hydrogens is 312 g/mol. The molecule has 1 aromatic carbocycles. The second kappa shape index (κ2) is 11.4. The minimum atomic E-state index is 0. The zero-order chi connectivity index (χ0) is 16.4. The molecule has 1 rings (SSSR count). The average molecular weight is 343 g/mol. The fourth-order valence-corrected chi connectivity index (χ4v) is 2.11. The van der Waals surface area contributed by atoms with E-state index in [0.717, 1.165) is 19.5 Å². The van der Waals surface area contributed by atoms with Crippen molar-refractivity contribution >= 4 is 18.3 Å². The molecule has 0 unspecified atom stereocenters. The number of halogens is 1. The van der Waals surface area contributed by atoms with Gasteiger partial charge in [0.2, 0.25) is 5.91 Å². The highest BCUT2D eigenvalue weighted by Crippen LogP contribution is 2.22. The van der Waals surface area contributed by atoms with Crippen molar-refractivity contribution in [3.63, 3.8) is 0 Å². The summed E-state index contributed by atoms with van der Waals surface area (Å²) in [5.74, 6) is 0.105. The Balaban J connectivity index is 0.00000484. The number of aryl methyl sites for hydroxylation is 1. The van der Waals surface area contributed by atoms with Crippen LogP contribution in [0.25, 0.3) is 0 Å². The van der Waals surface area contributed by atoms with Crippen molar-refractivity contribution in [1.82, 2.24) is 10.6 Å². The average Bonchev–Trinajstić information content (AvgIpc) is 2.48. The molecule has 0 saturated carbocycles. The Hall–Kier alpha value is -1.10. The summed E-state index contributed by atoms with van der Waals surface area (Å²) >= 11 is 0. The molecule has 0 saturated heterocycles. The lowest BCUT2D eigenvalue weighted by Crippen LogP contribution is -2.33. The summed E-state index contributed by atoms with van der Waals surface area (Å²) in [6.45, 7) is 9.55. The lowest BCUT2D eigenvalue weighted by molar-refractivity contribution is -0.121. The molecule has 1 aromatic rings. The number of ether oxygens (including phenoxy) is 1. The van der Waals surface area contributed by atoms with Crippen LogP contribution < -0.4 is 10.6 Å². The summed E-state index contributed by atoms with van der Waals surface area (Å²) < 4.78 is 4.94. The molecule has 0 fully saturated rings. The van der Waals surface area contributed by atoms with Crippen LogP contribution in [0.2, 0.25) is 0 Å². The number of methoxy groups -OCH3 is 1. The molecule has 0 aliphatic heterocycles. The maximum absolute atomic E-state index is 11.8. The monoisotopic (exact) mass is 342 g/mol. The highest BCUT2D eigenvalue weighted by molar-refractivity contribution is 5.85. The second-order valence-corrected chi connectivity index (χ2v) is 6.54. The maximum Gasteiger partial charge on any atom is 0.220 e. The first kappa shape index (κ1) is 21.9. The van der Waals surface area contributed by atoms with Crippen LogP contribution in [-0.4, -0.2) is 39.3 Å². The third-order valence-corrected chi connectivity index (χ3v) is 3.57. The Kier molecular flexibility index (Phi) is 10.9. The zero-order valence-electron chi connectivity index (χ0n) is 14.8. The van der Waals surface area contributed by atoms with E-state index in [9.17, 15) is 4.79 Å². The molecule has 0 heterocycles. The SMILES string of the molecule is COCCNCCNC(=O)CCc1ccc(C(C)(C)C)cc1.Cl. The third-order valence-electron chi connectivity index (χ3n) is 3.57. The van der Waals surface area contributed by atoms with E-state index < -0.39 is 0 Å². The molecule has 1 amide bonds. The fraction of sp³-hybridized carbons (Fsp3) is 0.611. The predicted octanol–water partition coefficient (Wildman–Crippen LogP) is 2.69. The molecular formula is C18H31ClN2O2. The quantitative estimate of drug-likeness (QED) is 0.678. The van der Waals surface area contributed by atoms with Crippen LogP contribution in [0.4, 0.5) is 0 Å². The van der Waals surface area contributed by atoms with Gasteiger partial charge in [-0.2, -0.15) is 0 Å². The molecule has 0 aliphatic carbocycles. The predicted molar refractivity (Wildman–Crippen MR) is 98.5 cm³/mol. The van der Waals surface area contributed by atoms with Crippen molar-refractivity contribution in [2.24, 2.45) is 0 Å². The molecule has 0 spiro atoms. The van der Waals surface area contributed by atoms with Gasteiger partial charge in [0, 0.05) is 33.2 Å². The fourth-order valence-electron chi connectivity index (χ4n) is 2.11. The lowest BCUT2D eigenvalue weighted by Gasteiger charge is -2.19. The molecule has 2 N–H and O–H groups in total. The summed E-state index contributed by atoms with van der Waals surface area (Å²) in [6.07, 6.45) is 1.32. The van der Waals surface area contributed by atoms with Gasteiger partial charge in [-0.05, 0) is 23.0 Å². The van der Waals surface area contributed by atoms with Crippen molar-refractivity contribution in [2.45, 2.75) is 39.0 Å². The van der Waals surface area contributed by atoms with E-state index in [1.165, 1.54) is 11.1 Å². The second-order valence-electron chi connectivity index (χ2n) is 6.54. The Bertz CT molecular complexity index is 441. The van der Waals surface area contributed by atoms with Gasteiger partial charge in [-0.3, -0.25) is 4.79 Å². The number of hydrogen-bond acceptors (Lipinski definition) is 3. The molecule has 5 heteroatoms. The van der Waals surface area contributed by atoms with Gasteiger partial charge in [0.05, 0.1) is 6.61 Å². The normalized spacial score (nSPS) is 11.0. The van der Waals surface area contributed by atoms with E-state index in [1.807, 2.05) is 0 Å². The maximum atomic E-state index is 11.8. The van der Waals surface area contributed by atoms with Gasteiger partial charge in [-0.15, -0.1) is 12.4 Å². The van der Waals surface area contributed by atoms with Crippen LogP contribution in [0.3, 0.4) is 0 Å². The largest absolute Gasteiger partial charge is 0.383 e. The minimum absolute atomic E-state index is 0. The number of nitrogens with one attached hydrogen (secondary N) is 2. The lowest BCUT2D eigenvalue weighted by atomic mass is 9.86. The van der Waals surface area contributed by atoms with Crippen LogP contribution >= 0.6 is 12.4 Å². The first-order valence-corrected chi connectivity index (χ1v) is 7.99. The number of benzene rings is 1. The van der Waals surface area contributed by atoms with Gasteiger partial charge in [0.15, 0.2) is 0 Å². The number of amides is 1. The number of rotatable bonds is 9. The smallest absolute Gasteiger partial charge is 0.220 e. The zero-order valence-corrected chi connectivity index (χ0v) is 15.6. The first-order chi connectivity index (χ1) is 10.4. The van der Waals surface area contributed by atoms with Gasteiger partial charge in [0.1, 0.15) is 0 Å². The van der Waals surface area contributed by atoms with Crippen LogP contribution in [0.1, 0.15) is 38.3 Å². The molecule has 0 radical (unpaired) electrons. The first-order valence-electron chi connectivity index (χ1n) is 7.99. The number of carbonyl (C=O) groups is 1. The Morgan fingerprint density at radius 1 is 1.09 bits per heavy atom. The van der Waals surface area contributed by atoms with E-state index in [1.54, 1.807) is 7.11 Å². The van der Waals surface area contributed by atoms with E-state index in [2.05, 4.69) is 55.7 Å². The van der Waals surface area contributed by atoms with Gasteiger partial charge < -0.3 is 15.4 Å². The van der Waals surface area contributed by atoms with E-state index in [4.69, 9.17) is 4.74 Å². The van der Waals surface area contributed by atoms with E-state index >= 15 is 0 Å². The van der Waals surface area contributed by atoms with Crippen molar-refractivity contribution < 1.29 is 9.53 Å². The number of carbonyl (C=O) groups excluding carboxylic acids is 1. The van der Waals surface area contributed by atoms with Gasteiger partial charge in [0.25, 0.3) is 0 Å². The number of hydrogen-bond donors (Lipinski definition) is 2. The Morgan fingerprint density at radius 2 is 1.74 bits per heavy atom.